The average Bonchev–Trinajstić information content (AvgIpc) is 3.29. The fraction of sp³-hybridized carbons (Fsp3) is 0.150. The number of aromatic nitrogens is 3. The molecule has 7 nitrogen and oxygen atoms in total. The van der Waals surface area contributed by atoms with Crippen LogP contribution in [0.3, 0.4) is 0 Å². The second-order valence-electron chi connectivity index (χ2n) is 6.11. The van der Waals surface area contributed by atoms with Gasteiger partial charge in [-0.3, -0.25) is 4.79 Å². The quantitative estimate of drug-likeness (QED) is 0.545. The highest BCUT2D eigenvalue weighted by atomic mass is 16.5. The first-order valence-electron chi connectivity index (χ1n) is 8.43. The Balaban J connectivity index is 1.69. The van der Waals surface area contributed by atoms with Crippen molar-refractivity contribution in [3.05, 3.63) is 72.2 Å². The summed E-state index contributed by atoms with van der Waals surface area (Å²) < 4.78 is 12.5. The number of fused-ring (bicyclic) bond motifs is 1. The van der Waals surface area contributed by atoms with E-state index in [4.69, 9.17) is 9.15 Å². The van der Waals surface area contributed by atoms with Crippen molar-refractivity contribution in [2.75, 3.05) is 14.2 Å². The molecule has 1 amide bonds. The molecular formula is C20H18N4O3. The minimum atomic E-state index is -0.246. The maximum absolute atomic E-state index is 13.1. The van der Waals surface area contributed by atoms with Crippen LogP contribution < -0.4 is 4.74 Å². The molecule has 136 valence electrons. The molecule has 4 rings (SSSR count). The van der Waals surface area contributed by atoms with Gasteiger partial charge in [0.1, 0.15) is 17.8 Å². The lowest BCUT2D eigenvalue weighted by Gasteiger charge is -2.17. The number of methoxy groups -OCH3 is 1. The summed E-state index contributed by atoms with van der Waals surface area (Å²) in [5.41, 5.74) is 2.38. The van der Waals surface area contributed by atoms with Crippen molar-refractivity contribution in [1.29, 1.82) is 0 Å². The molecule has 4 aromatic rings. The molecule has 0 N–H and O–H groups in total. The molecule has 0 aliphatic carbocycles. The number of carbonyl (C=O) groups excluding carboxylic acids is 1. The number of ether oxygens (including phenoxy) is 1. The molecule has 0 spiro atoms. The van der Waals surface area contributed by atoms with Gasteiger partial charge in [-0.1, -0.05) is 42.5 Å². The Hall–Kier alpha value is -3.61. The maximum Gasteiger partial charge on any atom is 0.325 e. The smallest absolute Gasteiger partial charge is 0.325 e. The summed E-state index contributed by atoms with van der Waals surface area (Å²) >= 11 is 0. The predicted octanol–water partition coefficient (Wildman–Crippen LogP) is 3.27. The number of oxazole rings is 1. The second kappa shape index (κ2) is 6.95. The SMILES string of the molecule is COc1cccc(CN(C)C(=O)c2oc3ncnn3c2-c2ccccc2)c1. The molecular weight excluding hydrogens is 344 g/mol. The molecule has 2 aromatic heterocycles. The summed E-state index contributed by atoms with van der Waals surface area (Å²) in [6.45, 7) is 0.417. The Labute approximate surface area is 155 Å². The first-order chi connectivity index (χ1) is 13.2. The fourth-order valence-electron chi connectivity index (χ4n) is 2.97. The minimum Gasteiger partial charge on any atom is -0.497 e. The average molecular weight is 362 g/mol. The standard InChI is InChI=1S/C20H18N4O3/c1-23(12-14-7-6-10-16(11-14)26-2)19(25)18-17(15-8-4-3-5-9-15)24-20(27-18)21-13-22-24/h3-11,13H,12H2,1-2H3. The van der Waals surface area contributed by atoms with E-state index in [1.807, 2.05) is 54.6 Å². The Morgan fingerprint density at radius 2 is 2.00 bits per heavy atom. The van der Waals surface area contributed by atoms with E-state index in [0.29, 0.717) is 12.2 Å². The number of benzene rings is 2. The highest BCUT2D eigenvalue weighted by Crippen LogP contribution is 2.27. The van der Waals surface area contributed by atoms with Crippen LogP contribution in [-0.4, -0.2) is 39.6 Å². The van der Waals surface area contributed by atoms with Crippen molar-refractivity contribution < 1.29 is 13.9 Å². The molecule has 0 bridgehead atoms. The molecule has 0 aliphatic heterocycles. The van der Waals surface area contributed by atoms with E-state index in [2.05, 4.69) is 10.1 Å². The van der Waals surface area contributed by atoms with Gasteiger partial charge < -0.3 is 14.1 Å². The van der Waals surface area contributed by atoms with E-state index in [1.165, 1.54) is 6.33 Å². The lowest BCUT2D eigenvalue weighted by Crippen LogP contribution is -2.26. The van der Waals surface area contributed by atoms with Crippen LogP contribution in [0.4, 0.5) is 0 Å². The summed E-state index contributed by atoms with van der Waals surface area (Å²) in [4.78, 5) is 18.8. The predicted molar refractivity (Wildman–Crippen MR) is 99.5 cm³/mol. The van der Waals surface area contributed by atoms with E-state index in [-0.39, 0.29) is 17.5 Å². The van der Waals surface area contributed by atoms with Gasteiger partial charge in [0.05, 0.1) is 7.11 Å². The normalized spacial score (nSPS) is 10.9. The number of hydrogen-bond acceptors (Lipinski definition) is 5. The summed E-state index contributed by atoms with van der Waals surface area (Å²) in [7, 11) is 3.35. The van der Waals surface area contributed by atoms with Gasteiger partial charge in [0.15, 0.2) is 0 Å². The van der Waals surface area contributed by atoms with Crippen LogP contribution in [0.5, 0.6) is 5.75 Å². The van der Waals surface area contributed by atoms with Crippen molar-refractivity contribution in [2.45, 2.75) is 6.54 Å². The van der Waals surface area contributed by atoms with Gasteiger partial charge in [0, 0.05) is 19.2 Å². The monoisotopic (exact) mass is 362 g/mol. The van der Waals surface area contributed by atoms with E-state index in [1.54, 1.807) is 23.6 Å². The third-order valence-electron chi connectivity index (χ3n) is 4.28. The van der Waals surface area contributed by atoms with Crippen LogP contribution in [-0.2, 0) is 6.54 Å². The molecule has 2 heterocycles. The zero-order chi connectivity index (χ0) is 18.8. The van der Waals surface area contributed by atoms with Crippen LogP contribution in [0.25, 0.3) is 17.1 Å². The second-order valence-corrected chi connectivity index (χ2v) is 6.11. The van der Waals surface area contributed by atoms with Crippen molar-refractivity contribution in [3.63, 3.8) is 0 Å². The highest BCUT2D eigenvalue weighted by Gasteiger charge is 2.26. The molecule has 0 saturated carbocycles. The molecule has 0 saturated heterocycles. The lowest BCUT2D eigenvalue weighted by atomic mass is 10.1. The van der Waals surface area contributed by atoms with Gasteiger partial charge >= 0.3 is 5.84 Å². The van der Waals surface area contributed by atoms with E-state index < -0.39 is 0 Å². The summed E-state index contributed by atoms with van der Waals surface area (Å²) in [6, 6.07) is 17.1. The van der Waals surface area contributed by atoms with Gasteiger partial charge in [-0.25, -0.2) is 0 Å². The molecule has 7 heteroatoms. The van der Waals surface area contributed by atoms with E-state index in [9.17, 15) is 4.79 Å². The molecule has 27 heavy (non-hydrogen) atoms. The Morgan fingerprint density at radius 1 is 1.19 bits per heavy atom. The number of rotatable bonds is 5. The zero-order valence-corrected chi connectivity index (χ0v) is 15.0. The molecule has 2 aromatic carbocycles. The number of nitrogens with zero attached hydrogens (tertiary/aromatic N) is 4. The summed E-state index contributed by atoms with van der Waals surface area (Å²) in [5.74, 6) is 0.997. The van der Waals surface area contributed by atoms with Gasteiger partial charge in [-0.05, 0) is 17.7 Å². The van der Waals surface area contributed by atoms with Crippen molar-refractivity contribution in [1.82, 2.24) is 19.5 Å². The lowest BCUT2D eigenvalue weighted by molar-refractivity contribution is 0.0756. The van der Waals surface area contributed by atoms with E-state index >= 15 is 0 Å². The third kappa shape index (κ3) is 3.15. The first-order valence-corrected chi connectivity index (χ1v) is 8.43. The van der Waals surface area contributed by atoms with Gasteiger partial charge in [0.2, 0.25) is 5.76 Å². The van der Waals surface area contributed by atoms with Crippen molar-refractivity contribution in [2.24, 2.45) is 0 Å². The number of carbonyl (C=O) groups is 1. The van der Waals surface area contributed by atoms with Crippen LogP contribution in [0.15, 0.2) is 65.3 Å². The molecule has 0 fully saturated rings. The first kappa shape index (κ1) is 16.8. The van der Waals surface area contributed by atoms with Gasteiger partial charge in [-0.2, -0.15) is 14.6 Å². The van der Waals surface area contributed by atoms with Crippen LogP contribution >= 0.6 is 0 Å². The topological polar surface area (TPSA) is 72.9 Å². The number of amides is 1. The Morgan fingerprint density at radius 3 is 2.78 bits per heavy atom. The minimum absolute atomic E-state index is 0.210. The molecule has 0 aliphatic rings. The largest absolute Gasteiger partial charge is 0.497 e. The van der Waals surface area contributed by atoms with Crippen molar-refractivity contribution >= 4 is 11.8 Å². The third-order valence-corrected chi connectivity index (χ3v) is 4.28. The van der Waals surface area contributed by atoms with Crippen LogP contribution in [0.2, 0.25) is 0 Å². The maximum atomic E-state index is 13.1. The summed E-state index contributed by atoms with van der Waals surface area (Å²) in [5, 5.41) is 4.19. The van der Waals surface area contributed by atoms with Gasteiger partial charge in [0.25, 0.3) is 5.91 Å². The van der Waals surface area contributed by atoms with Crippen LogP contribution in [0.1, 0.15) is 16.1 Å². The van der Waals surface area contributed by atoms with Gasteiger partial charge in [-0.15, -0.1) is 0 Å². The van der Waals surface area contributed by atoms with Crippen LogP contribution in [0, 0.1) is 0 Å². The zero-order valence-electron chi connectivity index (χ0n) is 15.0. The van der Waals surface area contributed by atoms with Crippen molar-refractivity contribution in [3.8, 4) is 17.0 Å². The molecule has 0 atom stereocenters. The fourth-order valence-corrected chi connectivity index (χ4v) is 2.97. The molecule has 0 unspecified atom stereocenters. The Kier molecular flexibility index (Phi) is 4.33. The van der Waals surface area contributed by atoms with E-state index in [0.717, 1.165) is 16.9 Å². The summed E-state index contributed by atoms with van der Waals surface area (Å²) in [6.07, 6.45) is 1.40. The number of hydrogen-bond donors (Lipinski definition) is 0. The molecule has 0 radical (unpaired) electrons. The Bertz CT molecular complexity index is 1090. The highest BCUT2D eigenvalue weighted by molar-refractivity contribution is 5.97.